The summed E-state index contributed by atoms with van der Waals surface area (Å²) in [7, 11) is 3.20. The number of aromatic nitrogens is 1. The highest BCUT2D eigenvalue weighted by Crippen LogP contribution is 2.27. The van der Waals surface area contributed by atoms with Gasteiger partial charge in [-0.2, -0.15) is 5.26 Å². The zero-order valence-corrected chi connectivity index (χ0v) is 13.0. The summed E-state index contributed by atoms with van der Waals surface area (Å²) in [4.78, 5) is 17.7. The van der Waals surface area contributed by atoms with E-state index in [9.17, 15) is 4.79 Å². The molecular weight excluding hydrogens is 294 g/mol. The fourth-order valence-electron chi connectivity index (χ4n) is 1.96. The maximum atomic E-state index is 12.1. The van der Waals surface area contributed by atoms with Crippen molar-refractivity contribution < 1.29 is 14.3 Å². The topological polar surface area (TPSA) is 75.5 Å². The van der Waals surface area contributed by atoms with Crippen LogP contribution >= 0.6 is 0 Å². The predicted octanol–water partition coefficient (Wildman–Crippen LogP) is 2.00. The third-order valence-corrected chi connectivity index (χ3v) is 3.24. The second-order valence-electron chi connectivity index (χ2n) is 4.87. The first kappa shape index (κ1) is 16.3. The Hall–Kier alpha value is -3.07. The van der Waals surface area contributed by atoms with Crippen LogP contribution in [-0.4, -0.2) is 36.6 Å². The molecule has 0 unspecified atom stereocenters. The predicted molar refractivity (Wildman–Crippen MR) is 83.9 cm³/mol. The number of ether oxygens (including phenoxy) is 2. The van der Waals surface area contributed by atoms with Gasteiger partial charge in [-0.05, 0) is 29.8 Å². The number of pyridine rings is 1. The molecular formula is C17H17N3O3. The van der Waals surface area contributed by atoms with Gasteiger partial charge in [0, 0.05) is 32.1 Å². The summed E-state index contributed by atoms with van der Waals surface area (Å²) < 4.78 is 10.7. The fraction of sp³-hybridized carbons (Fsp3) is 0.235. The number of hydrogen-bond donors (Lipinski definition) is 0. The number of nitrogens with zero attached hydrogens (tertiary/aromatic N) is 3. The van der Waals surface area contributed by atoms with Gasteiger partial charge < -0.3 is 14.4 Å². The third-order valence-electron chi connectivity index (χ3n) is 3.24. The first-order valence-corrected chi connectivity index (χ1v) is 6.98. The standard InChI is InChI=1S/C17H17N3O3/c1-20(11-13-5-7-19-8-6-13)17(21)12-23-15-4-3-14(10-18)9-16(15)22-2/h3-9H,11-12H2,1-2H3. The Labute approximate surface area is 134 Å². The molecule has 2 rings (SSSR count). The van der Waals surface area contributed by atoms with E-state index in [1.54, 1.807) is 42.5 Å². The van der Waals surface area contributed by atoms with Crippen LogP contribution in [0, 0.1) is 11.3 Å². The Morgan fingerprint density at radius 2 is 2.00 bits per heavy atom. The number of likely N-dealkylation sites (N-methyl/N-ethyl adjacent to an activating group) is 1. The number of nitriles is 1. The molecule has 0 bridgehead atoms. The summed E-state index contributed by atoms with van der Waals surface area (Å²) in [6.07, 6.45) is 3.37. The van der Waals surface area contributed by atoms with Crippen molar-refractivity contribution in [3.8, 4) is 17.6 Å². The van der Waals surface area contributed by atoms with E-state index in [-0.39, 0.29) is 12.5 Å². The molecule has 118 valence electrons. The van der Waals surface area contributed by atoms with Gasteiger partial charge in [-0.1, -0.05) is 0 Å². The molecule has 0 aliphatic heterocycles. The average molecular weight is 311 g/mol. The quantitative estimate of drug-likeness (QED) is 0.815. The molecule has 0 aliphatic carbocycles. The smallest absolute Gasteiger partial charge is 0.260 e. The monoisotopic (exact) mass is 311 g/mol. The number of hydrogen-bond acceptors (Lipinski definition) is 5. The van der Waals surface area contributed by atoms with E-state index in [0.29, 0.717) is 23.6 Å². The number of methoxy groups -OCH3 is 1. The molecule has 0 saturated carbocycles. The lowest BCUT2D eigenvalue weighted by molar-refractivity contribution is -0.132. The molecule has 0 N–H and O–H groups in total. The number of benzene rings is 1. The molecule has 1 aromatic carbocycles. The second kappa shape index (κ2) is 7.80. The molecule has 2 aromatic rings. The van der Waals surface area contributed by atoms with Crippen molar-refractivity contribution >= 4 is 5.91 Å². The second-order valence-corrected chi connectivity index (χ2v) is 4.87. The average Bonchev–Trinajstić information content (AvgIpc) is 2.60. The Kier molecular flexibility index (Phi) is 5.53. The molecule has 0 spiro atoms. The Morgan fingerprint density at radius 1 is 1.26 bits per heavy atom. The van der Waals surface area contributed by atoms with Gasteiger partial charge in [0.15, 0.2) is 18.1 Å². The molecule has 0 aliphatic rings. The van der Waals surface area contributed by atoms with Crippen LogP contribution in [0.1, 0.15) is 11.1 Å². The number of amides is 1. The highest BCUT2D eigenvalue weighted by Gasteiger charge is 2.12. The van der Waals surface area contributed by atoms with E-state index >= 15 is 0 Å². The Balaban J connectivity index is 1.95. The fourth-order valence-corrected chi connectivity index (χ4v) is 1.96. The minimum absolute atomic E-state index is 0.107. The van der Waals surface area contributed by atoms with Crippen molar-refractivity contribution in [3.63, 3.8) is 0 Å². The van der Waals surface area contributed by atoms with Crippen LogP contribution in [0.5, 0.6) is 11.5 Å². The van der Waals surface area contributed by atoms with Crippen molar-refractivity contribution in [1.82, 2.24) is 9.88 Å². The van der Waals surface area contributed by atoms with Gasteiger partial charge in [0.25, 0.3) is 5.91 Å². The van der Waals surface area contributed by atoms with Gasteiger partial charge in [0.05, 0.1) is 18.7 Å². The van der Waals surface area contributed by atoms with Crippen LogP contribution in [0.2, 0.25) is 0 Å². The summed E-state index contributed by atoms with van der Waals surface area (Å²) in [5.41, 5.74) is 1.46. The molecule has 1 amide bonds. The molecule has 1 heterocycles. The minimum Gasteiger partial charge on any atom is -0.493 e. The first-order valence-electron chi connectivity index (χ1n) is 6.98. The van der Waals surface area contributed by atoms with E-state index in [4.69, 9.17) is 14.7 Å². The molecule has 0 saturated heterocycles. The Morgan fingerprint density at radius 3 is 2.65 bits per heavy atom. The van der Waals surface area contributed by atoms with E-state index < -0.39 is 0 Å². The van der Waals surface area contributed by atoms with Gasteiger partial charge in [0.1, 0.15) is 0 Å². The van der Waals surface area contributed by atoms with E-state index in [0.717, 1.165) is 5.56 Å². The van der Waals surface area contributed by atoms with E-state index in [1.807, 2.05) is 18.2 Å². The largest absolute Gasteiger partial charge is 0.493 e. The maximum absolute atomic E-state index is 12.1. The molecule has 6 heteroatoms. The maximum Gasteiger partial charge on any atom is 0.260 e. The van der Waals surface area contributed by atoms with Gasteiger partial charge in [-0.25, -0.2) is 0 Å². The summed E-state index contributed by atoms with van der Waals surface area (Å²) >= 11 is 0. The summed E-state index contributed by atoms with van der Waals surface area (Å²) in [5, 5.41) is 8.87. The van der Waals surface area contributed by atoms with Gasteiger partial charge >= 0.3 is 0 Å². The highest BCUT2D eigenvalue weighted by atomic mass is 16.5. The lowest BCUT2D eigenvalue weighted by atomic mass is 10.2. The lowest BCUT2D eigenvalue weighted by Crippen LogP contribution is -2.31. The summed E-state index contributed by atoms with van der Waals surface area (Å²) in [6.45, 7) is 0.374. The highest BCUT2D eigenvalue weighted by molar-refractivity contribution is 5.77. The molecule has 0 radical (unpaired) electrons. The van der Waals surface area contributed by atoms with E-state index in [2.05, 4.69) is 4.98 Å². The van der Waals surface area contributed by atoms with Crippen molar-refractivity contribution in [3.05, 3.63) is 53.9 Å². The van der Waals surface area contributed by atoms with Crippen LogP contribution in [0.25, 0.3) is 0 Å². The Bertz CT molecular complexity index is 711. The first-order chi connectivity index (χ1) is 11.1. The normalized spacial score (nSPS) is 9.78. The molecule has 1 aromatic heterocycles. The van der Waals surface area contributed by atoms with Crippen LogP contribution in [-0.2, 0) is 11.3 Å². The van der Waals surface area contributed by atoms with Gasteiger partial charge in [-0.3, -0.25) is 9.78 Å². The van der Waals surface area contributed by atoms with Crippen molar-refractivity contribution in [1.29, 1.82) is 5.26 Å². The molecule has 0 atom stereocenters. The van der Waals surface area contributed by atoms with Gasteiger partial charge in [0.2, 0.25) is 0 Å². The molecule has 0 fully saturated rings. The van der Waals surface area contributed by atoms with Crippen LogP contribution in [0.3, 0.4) is 0 Å². The molecule has 6 nitrogen and oxygen atoms in total. The third kappa shape index (κ3) is 4.45. The lowest BCUT2D eigenvalue weighted by Gasteiger charge is -2.18. The van der Waals surface area contributed by atoms with Gasteiger partial charge in [-0.15, -0.1) is 0 Å². The zero-order chi connectivity index (χ0) is 16.7. The molecule has 23 heavy (non-hydrogen) atoms. The summed E-state index contributed by atoms with van der Waals surface area (Å²) in [5.74, 6) is 0.694. The van der Waals surface area contributed by atoms with Crippen molar-refractivity contribution in [2.24, 2.45) is 0 Å². The van der Waals surface area contributed by atoms with Crippen molar-refractivity contribution in [2.45, 2.75) is 6.54 Å². The number of carbonyl (C=O) groups is 1. The SMILES string of the molecule is COc1cc(C#N)ccc1OCC(=O)N(C)Cc1ccncc1. The summed E-state index contributed by atoms with van der Waals surface area (Å²) in [6, 6.07) is 10.5. The number of carbonyl (C=O) groups excluding carboxylic acids is 1. The van der Waals surface area contributed by atoms with Crippen LogP contribution in [0.4, 0.5) is 0 Å². The van der Waals surface area contributed by atoms with E-state index in [1.165, 1.54) is 7.11 Å². The van der Waals surface area contributed by atoms with Crippen molar-refractivity contribution in [2.75, 3.05) is 20.8 Å². The number of rotatable bonds is 6. The zero-order valence-electron chi connectivity index (χ0n) is 13.0. The van der Waals surface area contributed by atoms with Crippen LogP contribution in [0.15, 0.2) is 42.7 Å². The minimum atomic E-state index is -0.159. The van der Waals surface area contributed by atoms with Crippen LogP contribution < -0.4 is 9.47 Å².